The van der Waals surface area contributed by atoms with Crippen LogP contribution in [-0.4, -0.2) is 22.0 Å². The first-order chi connectivity index (χ1) is 5.61. The molecule has 1 aromatic heterocycles. The normalized spacial score (nSPS) is 9.42. The third kappa shape index (κ3) is 1.60. The molecule has 0 spiro atoms. The lowest BCUT2D eigenvalue weighted by Crippen LogP contribution is -2.15. The van der Waals surface area contributed by atoms with Gasteiger partial charge in [-0.2, -0.15) is 5.10 Å². The highest BCUT2D eigenvalue weighted by molar-refractivity contribution is 6.01. The van der Waals surface area contributed by atoms with Crippen LogP contribution < -0.4 is 11.1 Å². The number of anilines is 1. The second kappa shape index (κ2) is 3.04. The number of H-pyrrole nitrogens is 1. The highest BCUT2D eigenvalue weighted by Crippen LogP contribution is 2.08. The average Bonchev–Trinajstić information content (AvgIpc) is 2.33. The minimum absolute atomic E-state index is 0.171. The Morgan fingerprint density at radius 1 is 1.67 bits per heavy atom. The molecule has 6 nitrogen and oxygen atoms in total. The summed E-state index contributed by atoms with van der Waals surface area (Å²) < 4.78 is 0. The molecule has 0 saturated heterocycles. The second-order valence-corrected chi connectivity index (χ2v) is 2.20. The zero-order chi connectivity index (χ0) is 9.14. The Morgan fingerprint density at radius 3 is 2.83 bits per heavy atom. The van der Waals surface area contributed by atoms with Gasteiger partial charge in [0, 0.05) is 6.92 Å². The van der Waals surface area contributed by atoms with Crippen molar-refractivity contribution in [3.63, 3.8) is 0 Å². The van der Waals surface area contributed by atoms with Gasteiger partial charge in [-0.1, -0.05) is 0 Å². The van der Waals surface area contributed by atoms with E-state index in [1.165, 1.54) is 13.1 Å². The molecule has 12 heavy (non-hydrogen) atoms. The molecule has 0 bridgehead atoms. The van der Waals surface area contributed by atoms with E-state index >= 15 is 0 Å². The summed E-state index contributed by atoms with van der Waals surface area (Å²) in [5, 5.41) is 8.37. The summed E-state index contributed by atoms with van der Waals surface area (Å²) in [5.74, 6) is -0.691. The molecule has 1 rings (SSSR count). The van der Waals surface area contributed by atoms with Crippen molar-refractivity contribution in [1.29, 1.82) is 0 Å². The third-order valence-electron chi connectivity index (χ3n) is 1.21. The predicted molar refractivity (Wildman–Crippen MR) is 41.4 cm³/mol. The summed E-state index contributed by atoms with van der Waals surface area (Å²) in [6.07, 6.45) is 1.26. The van der Waals surface area contributed by atoms with E-state index in [1.807, 2.05) is 0 Å². The van der Waals surface area contributed by atoms with Crippen molar-refractivity contribution >= 4 is 17.6 Å². The van der Waals surface area contributed by atoms with Gasteiger partial charge in [0.15, 0.2) is 0 Å². The second-order valence-electron chi connectivity index (χ2n) is 2.20. The standard InChI is InChI=1S/C6H8N4O2/c1-3(11)9-6-4(5(7)12)2-8-10-6/h2H,1H3,(H2,7,12)(H2,8,9,10,11). The van der Waals surface area contributed by atoms with Crippen LogP contribution in [0, 0.1) is 0 Å². The molecule has 1 aromatic rings. The highest BCUT2D eigenvalue weighted by Gasteiger charge is 2.10. The summed E-state index contributed by atoms with van der Waals surface area (Å²) >= 11 is 0. The van der Waals surface area contributed by atoms with E-state index in [4.69, 9.17) is 5.73 Å². The molecule has 4 N–H and O–H groups in total. The maximum absolute atomic E-state index is 10.7. The van der Waals surface area contributed by atoms with Crippen molar-refractivity contribution in [2.24, 2.45) is 5.73 Å². The number of amides is 2. The SMILES string of the molecule is CC(=O)Nc1[nH]ncc1C(N)=O. The minimum Gasteiger partial charge on any atom is -0.365 e. The van der Waals surface area contributed by atoms with Gasteiger partial charge in [-0.05, 0) is 0 Å². The molecule has 0 aromatic carbocycles. The maximum Gasteiger partial charge on any atom is 0.254 e. The van der Waals surface area contributed by atoms with Crippen LogP contribution in [0.25, 0.3) is 0 Å². The largest absolute Gasteiger partial charge is 0.365 e. The number of nitrogens with zero attached hydrogens (tertiary/aromatic N) is 1. The average molecular weight is 168 g/mol. The number of nitrogens with one attached hydrogen (secondary N) is 2. The molecule has 0 saturated carbocycles. The van der Waals surface area contributed by atoms with Crippen molar-refractivity contribution in [3.05, 3.63) is 11.8 Å². The van der Waals surface area contributed by atoms with Crippen LogP contribution in [0.5, 0.6) is 0 Å². The smallest absolute Gasteiger partial charge is 0.254 e. The van der Waals surface area contributed by atoms with Crippen LogP contribution in [0.2, 0.25) is 0 Å². The topological polar surface area (TPSA) is 101 Å². The van der Waals surface area contributed by atoms with E-state index < -0.39 is 5.91 Å². The number of aromatic amines is 1. The molecule has 64 valence electrons. The van der Waals surface area contributed by atoms with Crippen LogP contribution in [0.3, 0.4) is 0 Å². The molecule has 0 atom stereocenters. The summed E-state index contributed by atoms with van der Waals surface area (Å²) in [7, 11) is 0. The fourth-order valence-corrected chi connectivity index (χ4v) is 0.744. The van der Waals surface area contributed by atoms with Gasteiger partial charge in [0.2, 0.25) is 5.91 Å². The number of rotatable bonds is 2. The lowest BCUT2D eigenvalue weighted by Gasteiger charge is -1.98. The molecule has 6 heteroatoms. The number of primary amides is 1. The van der Waals surface area contributed by atoms with Crippen molar-refractivity contribution in [3.8, 4) is 0 Å². The molecule has 0 unspecified atom stereocenters. The molecule has 2 amide bonds. The van der Waals surface area contributed by atoms with Crippen molar-refractivity contribution < 1.29 is 9.59 Å². The van der Waals surface area contributed by atoms with E-state index in [2.05, 4.69) is 15.5 Å². The Balaban J connectivity index is 2.91. The fourth-order valence-electron chi connectivity index (χ4n) is 0.744. The first-order valence-corrected chi connectivity index (χ1v) is 3.22. The van der Waals surface area contributed by atoms with Gasteiger partial charge in [0.25, 0.3) is 5.91 Å². The van der Waals surface area contributed by atoms with E-state index in [9.17, 15) is 9.59 Å². The van der Waals surface area contributed by atoms with Crippen LogP contribution in [0.15, 0.2) is 6.20 Å². The lowest BCUT2D eigenvalue weighted by molar-refractivity contribution is -0.114. The first-order valence-electron chi connectivity index (χ1n) is 3.22. The summed E-state index contributed by atoms with van der Waals surface area (Å²) in [6, 6.07) is 0. The molecule has 0 radical (unpaired) electrons. The molecular weight excluding hydrogens is 160 g/mol. The quantitative estimate of drug-likeness (QED) is 0.553. The van der Waals surface area contributed by atoms with E-state index in [-0.39, 0.29) is 17.3 Å². The highest BCUT2D eigenvalue weighted by atomic mass is 16.2. The van der Waals surface area contributed by atoms with Gasteiger partial charge in [0.1, 0.15) is 11.4 Å². The van der Waals surface area contributed by atoms with Gasteiger partial charge in [0.05, 0.1) is 6.20 Å². The van der Waals surface area contributed by atoms with E-state index in [0.29, 0.717) is 0 Å². The molecule has 1 heterocycles. The zero-order valence-electron chi connectivity index (χ0n) is 6.42. The van der Waals surface area contributed by atoms with E-state index in [1.54, 1.807) is 0 Å². The monoisotopic (exact) mass is 168 g/mol. The van der Waals surface area contributed by atoms with Gasteiger partial charge in [-0.3, -0.25) is 14.7 Å². The Kier molecular flexibility index (Phi) is 2.09. The Bertz CT molecular complexity index is 317. The maximum atomic E-state index is 10.7. The molecule has 0 aliphatic rings. The van der Waals surface area contributed by atoms with Crippen molar-refractivity contribution in [1.82, 2.24) is 10.2 Å². The number of nitrogens with two attached hydrogens (primary N) is 1. The molecule has 0 aliphatic carbocycles. The third-order valence-corrected chi connectivity index (χ3v) is 1.21. The summed E-state index contributed by atoms with van der Waals surface area (Å²) in [4.78, 5) is 21.3. The zero-order valence-corrected chi connectivity index (χ0v) is 6.42. The number of carbonyl (C=O) groups is 2. The van der Waals surface area contributed by atoms with Gasteiger partial charge >= 0.3 is 0 Å². The van der Waals surface area contributed by atoms with Crippen LogP contribution >= 0.6 is 0 Å². The lowest BCUT2D eigenvalue weighted by atomic mass is 10.3. The summed E-state index contributed by atoms with van der Waals surface area (Å²) in [6.45, 7) is 1.33. The Labute approximate surface area is 68.1 Å². The number of hydrogen-bond donors (Lipinski definition) is 3. The van der Waals surface area contributed by atoms with Gasteiger partial charge in [-0.15, -0.1) is 0 Å². The van der Waals surface area contributed by atoms with Gasteiger partial charge in [-0.25, -0.2) is 0 Å². The molecule has 0 fully saturated rings. The Hall–Kier alpha value is -1.85. The van der Waals surface area contributed by atoms with Crippen LogP contribution in [-0.2, 0) is 4.79 Å². The fraction of sp³-hybridized carbons (Fsp3) is 0.167. The van der Waals surface area contributed by atoms with Crippen molar-refractivity contribution in [2.45, 2.75) is 6.92 Å². The Morgan fingerprint density at radius 2 is 2.33 bits per heavy atom. The first kappa shape index (κ1) is 8.25. The molecule has 0 aliphatic heterocycles. The number of hydrogen-bond acceptors (Lipinski definition) is 3. The minimum atomic E-state index is -0.632. The van der Waals surface area contributed by atoms with Crippen LogP contribution in [0.1, 0.15) is 17.3 Å². The molecular formula is C6H8N4O2. The van der Waals surface area contributed by atoms with Crippen LogP contribution in [0.4, 0.5) is 5.82 Å². The van der Waals surface area contributed by atoms with Gasteiger partial charge < -0.3 is 11.1 Å². The van der Waals surface area contributed by atoms with E-state index in [0.717, 1.165) is 0 Å². The number of aromatic nitrogens is 2. The van der Waals surface area contributed by atoms with Crippen molar-refractivity contribution in [2.75, 3.05) is 5.32 Å². The summed E-state index contributed by atoms with van der Waals surface area (Å²) in [5.41, 5.74) is 5.16. The predicted octanol–water partition coefficient (Wildman–Crippen LogP) is -0.533. The number of carbonyl (C=O) groups excluding carboxylic acids is 2.